The Morgan fingerprint density at radius 2 is 1.95 bits per heavy atom. The van der Waals surface area contributed by atoms with Crippen LogP contribution < -0.4 is 4.72 Å². The van der Waals surface area contributed by atoms with E-state index in [0.29, 0.717) is 13.2 Å². The Morgan fingerprint density at radius 1 is 1.33 bits per heavy atom. The summed E-state index contributed by atoms with van der Waals surface area (Å²) in [5, 5.41) is 8.86. The summed E-state index contributed by atoms with van der Waals surface area (Å²) in [5.74, 6) is 0. The maximum atomic E-state index is 12.1. The van der Waals surface area contributed by atoms with E-state index >= 15 is 0 Å². The van der Waals surface area contributed by atoms with Crippen molar-refractivity contribution in [2.75, 3.05) is 19.8 Å². The van der Waals surface area contributed by atoms with Gasteiger partial charge < -0.3 is 9.47 Å². The number of nitrogens with one attached hydrogen (secondary N) is 1. The number of hydrogen-bond donors (Lipinski definition) is 1. The second-order valence-corrected chi connectivity index (χ2v) is 6.12. The third-order valence-electron chi connectivity index (χ3n) is 2.52. The lowest BCUT2D eigenvalue weighted by molar-refractivity contribution is -0.130. The van der Waals surface area contributed by atoms with Gasteiger partial charge in [0.25, 0.3) is 0 Å². The topological polar surface area (TPSA) is 88.4 Å². The average Bonchev–Trinajstić information content (AvgIpc) is 2.45. The van der Waals surface area contributed by atoms with Crippen LogP contribution in [0.15, 0.2) is 23.1 Å². The first kappa shape index (κ1) is 17.9. The molecule has 1 aromatic rings. The van der Waals surface area contributed by atoms with Crippen molar-refractivity contribution in [1.82, 2.24) is 4.72 Å². The van der Waals surface area contributed by atoms with Gasteiger partial charge in [-0.15, -0.1) is 0 Å². The molecule has 0 aromatic heterocycles. The molecule has 0 unspecified atom stereocenters. The fourth-order valence-electron chi connectivity index (χ4n) is 1.55. The zero-order chi connectivity index (χ0) is 15.9. The van der Waals surface area contributed by atoms with Crippen molar-refractivity contribution in [3.05, 3.63) is 28.8 Å². The van der Waals surface area contributed by atoms with E-state index in [1.807, 2.05) is 6.07 Å². The van der Waals surface area contributed by atoms with E-state index in [1.54, 1.807) is 13.8 Å². The van der Waals surface area contributed by atoms with E-state index in [4.69, 9.17) is 26.3 Å². The minimum Gasteiger partial charge on any atom is -0.352 e. The second kappa shape index (κ2) is 8.32. The molecule has 116 valence electrons. The minimum atomic E-state index is -3.74. The molecule has 21 heavy (non-hydrogen) atoms. The number of sulfonamides is 1. The summed E-state index contributed by atoms with van der Waals surface area (Å²) < 4.78 is 37.2. The highest BCUT2D eigenvalue weighted by atomic mass is 35.5. The number of nitrogens with zero attached hydrogens (tertiary/aromatic N) is 1. The highest BCUT2D eigenvalue weighted by Gasteiger charge is 2.18. The van der Waals surface area contributed by atoms with Crippen LogP contribution in [0.25, 0.3) is 0 Å². The number of ether oxygens (including phenoxy) is 2. The van der Waals surface area contributed by atoms with Crippen LogP contribution in [0, 0.1) is 11.3 Å². The first-order valence-corrected chi connectivity index (χ1v) is 8.23. The molecule has 0 aliphatic heterocycles. The van der Waals surface area contributed by atoms with Crippen molar-refractivity contribution in [2.24, 2.45) is 0 Å². The molecule has 6 nitrogen and oxygen atoms in total. The predicted octanol–water partition coefficient (Wildman–Crippen LogP) is 1.89. The number of rotatable bonds is 8. The van der Waals surface area contributed by atoms with Gasteiger partial charge in [-0.1, -0.05) is 11.6 Å². The van der Waals surface area contributed by atoms with Crippen molar-refractivity contribution in [3.8, 4) is 6.07 Å². The molecular weight excluding hydrogens is 316 g/mol. The van der Waals surface area contributed by atoms with Crippen molar-refractivity contribution < 1.29 is 17.9 Å². The Morgan fingerprint density at radius 3 is 2.43 bits per heavy atom. The van der Waals surface area contributed by atoms with Gasteiger partial charge in [-0.2, -0.15) is 5.26 Å². The molecule has 0 heterocycles. The Bertz CT molecular complexity index is 607. The van der Waals surface area contributed by atoms with Crippen molar-refractivity contribution in [1.29, 1.82) is 5.26 Å². The molecule has 8 heteroatoms. The monoisotopic (exact) mass is 332 g/mol. The molecule has 1 aromatic carbocycles. The lowest BCUT2D eigenvalue weighted by Gasteiger charge is -2.17. The van der Waals surface area contributed by atoms with Gasteiger partial charge in [0.1, 0.15) is 6.07 Å². The molecule has 0 amide bonds. The van der Waals surface area contributed by atoms with Gasteiger partial charge >= 0.3 is 0 Å². The summed E-state index contributed by atoms with van der Waals surface area (Å²) in [4.78, 5) is -0.0155. The van der Waals surface area contributed by atoms with Crippen LogP contribution in [0.3, 0.4) is 0 Å². The first-order chi connectivity index (χ1) is 9.94. The van der Waals surface area contributed by atoms with E-state index < -0.39 is 16.3 Å². The van der Waals surface area contributed by atoms with E-state index in [0.717, 1.165) is 0 Å². The summed E-state index contributed by atoms with van der Waals surface area (Å²) in [6, 6.07) is 5.79. The lowest BCUT2D eigenvalue weighted by atomic mass is 10.2. The highest BCUT2D eigenvalue weighted by molar-refractivity contribution is 7.89. The third-order valence-corrected chi connectivity index (χ3v) is 4.25. The van der Waals surface area contributed by atoms with Gasteiger partial charge in [0, 0.05) is 13.2 Å². The van der Waals surface area contributed by atoms with Crippen LogP contribution in [0.2, 0.25) is 5.02 Å². The van der Waals surface area contributed by atoms with Crippen molar-refractivity contribution in [3.63, 3.8) is 0 Å². The highest BCUT2D eigenvalue weighted by Crippen LogP contribution is 2.20. The van der Waals surface area contributed by atoms with Crippen LogP contribution in [0.5, 0.6) is 0 Å². The van der Waals surface area contributed by atoms with E-state index in [-0.39, 0.29) is 22.0 Å². The molecule has 0 saturated heterocycles. The normalized spacial score (nSPS) is 11.6. The van der Waals surface area contributed by atoms with Crippen LogP contribution in [0.4, 0.5) is 0 Å². The van der Waals surface area contributed by atoms with Gasteiger partial charge in [0.2, 0.25) is 10.0 Å². The molecule has 0 atom stereocenters. The number of benzene rings is 1. The fourth-order valence-corrected chi connectivity index (χ4v) is 2.88. The van der Waals surface area contributed by atoms with Crippen molar-refractivity contribution >= 4 is 21.6 Å². The molecule has 0 radical (unpaired) electrons. The van der Waals surface area contributed by atoms with Crippen LogP contribution in [-0.4, -0.2) is 34.5 Å². The summed E-state index contributed by atoms with van der Waals surface area (Å²) in [6.07, 6.45) is -0.649. The average molecular weight is 333 g/mol. The second-order valence-electron chi connectivity index (χ2n) is 3.95. The van der Waals surface area contributed by atoms with Crippen LogP contribution in [0.1, 0.15) is 19.4 Å². The Labute approximate surface area is 129 Å². The SMILES string of the molecule is CCOC(CNS(=O)(=O)c1ccc(C#N)c(Cl)c1)OCC. The number of hydrogen-bond acceptors (Lipinski definition) is 5. The molecule has 0 bridgehead atoms. The first-order valence-electron chi connectivity index (χ1n) is 6.37. The maximum Gasteiger partial charge on any atom is 0.240 e. The minimum absolute atomic E-state index is 0.0123. The zero-order valence-electron chi connectivity index (χ0n) is 11.8. The lowest BCUT2D eigenvalue weighted by Crippen LogP contribution is -2.35. The molecular formula is C13H17ClN2O4S. The predicted molar refractivity (Wildman–Crippen MR) is 78.4 cm³/mol. The fraction of sp³-hybridized carbons (Fsp3) is 0.462. The number of nitriles is 1. The molecule has 0 aliphatic carbocycles. The quantitative estimate of drug-likeness (QED) is 0.734. The smallest absolute Gasteiger partial charge is 0.240 e. The number of halogens is 1. The molecule has 0 spiro atoms. The van der Waals surface area contributed by atoms with Gasteiger partial charge in [-0.05, 0) is 32.0 Å². The van der Waals surface area contributed by atoms with Gasteiger partial charge in [0.05, 0.1) is 22.0 Å². The Hall–Kier alpha value is -1.17. The maximum absolute atomic E-state index is 12.1. The Balaban J connectivity index is 2.82. The van der Waals surface area contributed by atoms with E-state index in [1.165, 1.54) is 18.2 Å². The van der Waals surface area contributed by atoms with Crippen LogP contribution in [-0.2, 0) is 19.5 Å². The summed E-state index contributed by atoms with van der Waals surface area (Å²) in [6.45, 7) is 4.40. The zero-order valence-corrected chi connectivity index (χ0v) is 13.4. The van der Waals surface area contributed by atoms with Crippen LogP contribution >= 0.6 is 11.6 Å². The third kappa shape index (κ3) is 5.26. The van der Waals surface area contributed by atoms with E-state index in [9.17, 15) is 8.42 Å². The molecule has 0 saturated carbocycles. The summed E-state index contributed by atoms with van der Waals surface area (Å²) in [7, 11) is -3.74. The molecule has 1 rings (SSSR count). The van der Waals surface area contributed by atoms with E-state index in [2.05, 4.69) is 4.72 Å². The van der Waals surface area contributed by atoms with Crippen molar-refractivity contribution in [2.45, 2.75) is 25.0 Å². The van der Waals surface area contributed by atoms with Gasteiger partial charge in [-0.3, -0.25) is 0 Å². The standard InChI is InChI=1S/C13H17ClN2O4S/c1-3-19-13(20-4-2)9-16-21(17,18)11-6-5-10(8-15)12(14)7-11/h5-7,13,16H,3-4,9H2,1-2H3. The molecule has 1 N–H and O–H groups in total. The summed E-state index contributed by atoms with van der Waals surface area (Å²) in [5.41, 5.74) is 0.220. The molecule has 0 aliphatic rings. The van der Waals surface area contributed by atoms with Gasteiger partial charge in [-0.25, -0.2) is 13.1 Å². The summed E-state index contributed by atoms with van der Waals surface area (Å²) >= 11 is 5.83. The van der Waals surface area contributed by atoms with Gasteiger partial charge in [0.15, 0.2) is 6.29 Å². The Kier molecular flexibility index (Phi) is 7.08. The molecule has 0 fully saturated rings. The largest absolute Gasteiger partial charge is 0.352 e.